The second kappa shape index (κ2) is 5.24. The van der Waals surface area contributed by atoms with Gasteiger partial charge in [0.1, 0.15) is 0 Å². The Morgan fingerprint density at radius 1 is 1.47 bits per heavy atom. The fraction of sp³-hybridized carbons (Fsp3) is 0.583. The molecule has 1 N–H and O–H groups in total. The summed E-state index contributed by atoms with van der Waals surface area (Å²) < 4.78 is 5.49. The van der Waals surface area contributed by atoms with Gasteiger partial charge in [0.25, 0.3) is 0 Å². The molecular formula is C12H17NO2. The smallest absolute Gasteiger partial charge is 0.0605 e. The highest BCUT2D eigenvalue weighted by molar-refractivity contribution is 5.10. The van der Waals surface area contributed by atoms with Gasteiger partial charge >= 0.3 is 0 Å². The van der Waals surface area contributed by atoms with Crippen molar-refractivity contribution in [3.8, 4) is 0 Å². The first-order valence-electron chi connectivity index (χ1n) is 5.53. The number of nitrogens with zero attached hydrogens (tertiary/aromatic N) is 1. The molecule has 3 heteroatoms. The average Bonchev–Trinajstić information content (AvgIpc) is 2.71. The highest BCUT2D eigenvalue weighted by atomic mass is 16.5. The van der Waals surface area contributed by atoms with E-state index in [-0.39, 0.29) is 12.2 Å². The van der Waals surface area contributed by atoms with Crippen molar-refractivity contribution in [2.45, 2.75) is 37.9 Å². The number of rotatable bonds is 4. The van der Waals surface area contributed by atoms with E-state index in [0.717, 1.165) is 31.4 Å². The lowest BCUT2D eigenvalue weighted by atomic mass is 10.0. The first-order chi connectivity index (χ1) is 7.34. The molecule has 2 unspecified atom stereocenters. The fourth-order valence-corrected chi connectivity index (χ4v) is 2.01. The van der Waals surface area contributed by atoms with Gasteiger partial charge in [-0.15, -0.1) is 0 Å². The fourth-order valence-electron chi connectivity index (χ4n) is 2.01. The summed E-state index contributed by atoms with van der Waals surface area (Å²) in [5.41, 5.74) is 1.13. The van der Waals surface area contributed by atoms with Crippen LogP contribution in [0, 0.1) is 0 Å². The number of aromatic nitrogens is 1. The number of aliphatic hydroxyl groups excluding tert-OH is 1. The highest BCUT2D eigenvalue weighted by Gasteiger charge is 2.19. The van der Waals surface area contributed by atoms with Gasteiger partial charge < -0.3 is 9.84 Å². The van der Waals surface area contributed by atoms with Crippen LogP contribution < -0.4 is 0 Å². The monoisotopic (exact) mass is 207 g/mol. The van der Waals surface area contributed by atoms with Crippen LogP contribution in [-0.2, 0) is 11.2 Å². The van der Waals surface area contributed by atoms with E-state index in [2.05, 4.69) is 4.98 Å². The van der Waals surface area contributed by atoms with Crippen molar-refractivity contribution in [3.05, 3.63) is 30.1 Å². The van der Waals surface area contributed by atoms with E-state index in [9.17, 15) is 5.11 Å². The zero-order valence-corrected chi connectivity index (χ0v) is 8.80. The van der Waals surface area contributed by atoms with E-state index in [4.69, 9.17) is 4.74 Å². The Labute approximate surface area is 90.1 Å². The van der Waals surface area contributed by atoms with Gasteiger partial charge in [-0.3, -0.25) is 4.98 Å². The summed E-state index contributed by atoms with van der Waals surface area (Å²) in [6.45, 7) is 0.854. The van der Waals surface area contributed by atoms with Crippen LogP contribution in [0.15, 0.2) is 24.5 Å². The molecule has 15 heavy (non-hydrogen) atoms. The van der Waals surface area contributed by atoms with Gasteiger partial charge in [0.15, 0.2) is 0 Å². The van der Waals surface area contributed by atoms with Crippen molar-refractivity contribution in [2.75, 3.05) is 6.61 Å². The molecule has 0 spiro atoms. The van der Waals surface area contributed by atoms with Gasteiger partial charge in [-0.05, 0) is 43.4 Å². The molecule has 1 saturated heterocycles. The SMILES string of the molecule is OC(Cc1ccncc1)CC1CCCO1. The third kappa shape index (κ3) is 3.29. The summed E-state index contributed by atoms with van der Waals surface area (Å²) in [6.07, 6.45) is 7.16. The van der Waals surface area contributed by atoms with E-state index in [1.165, 1.54) is 0 Å². The molecule has 1 aromatic heterocycles. The normalized spacial score (nSPS) is 22.9. The topological polar surface area (TPSA) is 42.4 Å². The number of ether oxygens (including phenoxy) is 1. The molecule has 0 saturated carbocycles. The lowest BCUT2D eigenvalue weighted by Gasteiger charge is -2.14. The van der Waals surface area contributed by atoms with Gasteiger partial charge in [0.05, 0.1) is 12.2 Å². The maximum atomic E-state index is 9.86. The minimum absolute atomic E-state index is 0.266. The van der Waals surface area contributed by atoms with Crippen LogP contribution in [0.1, 0.15) is 24.8 Å². The van der Waals surface area contributed by atoms with Crippen LogP contribution in [0.4, 0.5) is 0 Å². The summed E-state index contributed by atoms with van der Waals surface area (Å²) in [5.74, 6) is 0. The lowest BCUT2D eigenvalue weighted by molar-refractivity contribution is 0.0541. The summed E-state index contributed by atoms with van der Waals surface area (Å²) in [7, 11) is 0. The van der Waals surface area contributed by atoms with Crippen molar-refractivity contribution in [2.24, 2.45) is 0 Å². The predicted molar refractivity (Wildman–Crippen MR) is 57.5 cm³/mol. The van der Waals surface area contributed by atoms with Crippen molar-refractivity contribution in [1.29, 1.82) is 0 Å². The largest absolute Gasteiger partial charge is 0.393 e. The number of pyridine rings is 1. The molecule has 2 atom stereocenters. The van der Waals surface area contributed by atoms with Crippen LogP contribution in [0.2, 0.25) is 0 Å². The molecule has 1 aromatic rings. The second-order valence-electron chi connectivity index (χ2n) is 4.08. The third-order valence-electron chi connectivity index (χ3n) is 2.78. The first kappa shape index (κ1) is 10.6. The standard InChI is InChI=1S/C12H17NO2/c14-11(9-12-2-1-7-15-12)8-10-3-5-13-6-4-10/h3-6,11-12,14H,1-2,7-9H2. The Balaban J connectivity index is 1.79. The Kier molecular flexibility index (Phi) is 3.69. The highest BCUT2D eigenvalue weighted by Crippen LogP contribution is 2.18. The van der Waals surface area contributed by atoms with Crippen LogP contribution >= 0.6 is 0 Å². The number of aliphatic hydroxyl groups is 1. The van der Waals surface area contributed by atoms with Crippen LogP contribution in [0.5, 0.6) is 0 Å². The average molecular weight is 207 g/mol. The summed E-state index contributed by atoms with van der Waals surface area (Å²) in [5, 5.41) is 9.86. The lowest BCUT2D eigenvalue weighted by Crippen LogP contribution is -2.19. The Bertz CT molecular complexity index is 283. The molecule has 1 aliphatic heterocycles. The molecule has 0 bridgehead atoms. The van der Waals surface area contributed by atoms with Crippen molar-refractivity contribution < 1.29 is 9.84 Å². The van der Waals surface area contributed by atoms with E-state index in [1.807, 2.05) is 12.1 Å². The minimum atomic E-state index is -0.296. The van der Waals surface area contributed by atoms with Crippen molar-refractivity contribution in [1.82, 2.24) is 4.98 Å². The summed E-state index contributed by atoms with van der Waals surface area (Å²) in [4.78, 5) is 3.95. The van der Waals surface area contributed by atoms with Crippen LogP contribution in [0.25, 0.3) is 0 Å². The molecule has 82 valence electrons. The molecule has 0 radical (unpaired) electrons. The van der Waals surface area contributed by atoms with Gasteiger partial charge in [-0.25, -0.2) is 0 Å². The quantitative estimate of drug-likeness (QED) is 0.814. The third-order valence-corrected chi connectivity index (χ3v) is 2.78. The first-order valence-corrected chi connectivity index (χ1v) is 5.53. The number of hydrogen-bond donors (Lipinski definition) is 1. The Morgan fingerprint density at radius 3 is 2.93 bits per heavy atom. The van der Waals surface area contributed by atoms with E-state index < -0.39 is 0 Å². The van der Waals surface area contributed by atoms with Gasteiger partial charge in [-0.2, -0.15) is 0 Å². The van der Waals surface area contributed by atoms with Crippen molar-refractivity contribution in [3.63, 3.8) is 0 Å². The Morgan fingerprint density at radius 2 is 2.27 bits per heavy atom. The molecule has 2 heterocycles. The molecule has 1 fully saturated rings. The van der Waals surface area contributed by atoms with Gasteiger partial charge in [0, 0.05) is 19.0 Å². The molecule has 0 aliphatic carbocycles. The predicted octanol–water partition coefficient (Wildman–Crippen LogP) is 1.55. The molecule has 0 aromatic carbocycles. The van der Waals surface area contributed by atoms with Gasteiger partial charge in [-0.1, -0.05) is 0 Å². The van der Waals surface area contributed by atoms with E-state index in [0.29, 0.717) is 6.42 Å². The Hall–Kier alpha value is -0.930. The van der Waals surface area contributed by atoms with Crippen LogP contribution in [-0.4, -0.2) is 28.9 Å². The molecule has 2 rings (SSSR count). The summed E-state index contributed by atoms with van der Waals surface area (Å²) in [6, 6.07) is 3.89. The maximum absolute atomic E-state index is 9.86. The zero-order chi connectivity index (χ0) is 10.5. The van der Waals surface area contributed by atoms with E-state index >= 15 is 0 Å². The molecule has 1 aliphatic rings. The minimum Gasteiger partial charge on any atom is -0.393 e. The van der Waals surface area contributed by atoms with E-state index in [1.54, 1.807) is 12.4 Å². The second-order valence-corrected chi connectivity index (χ2v) is 4.08. The maximum Gasteiger partial charge on any atom is 0.0605 e. The molecule has 0 amide bonds. The molecular weight excluding hydrogens is 190 g/mol. The zero-order valence-electron chi connectivity index (χ0n) is 8.80. The molecule has 3 nitrogen and oxygen atoms in total. The van der Waals surface area contributed by atoms with Gasteiger partial charge in [0.2, 0.25) is 0 Å². The van der Waals surface area contributed by atoms with Crippen molar-refractivity contribution >= 4 is 0 Å². The van der Waals surface area contributed by atoms with Crippen LogP contribution in [0.3, 0.4) is 0 Å². The summed E-state index contributed by atoms with van der Waals surface area (Å²) >= 11 is 0. The number of hydrogen-bond acceptors (Lipinski definition) is 3.